The van der Waals surface area contributed by atoms with E-state index in [1.54, 1.807) is 0 Å². The molecule has 0 amide bonds. The van der Waals surface area contributed by atoms with Crippen molar-refractivity contribution in [2.75, 3.05) is 23.0 Å². The molecule has 0 aromatic rings. The summed E-state index contributed by atoms with van der Waals surface area (Å²) in [6.07, 6.45) is 4.12. The highest BCUT2D eigenvalue weighted by atomic mass is 32.2. The molecule has 0 spiro atoms. The lowest BCUT2D eigenvalue weighted by molar-refractivity contribution is 0.599. The molecule has 1 unspecified atom stereocenters. The fourth-order valence-electron chi connectivity index (χ4n) is 0.547. The number of hydrogen-bond acceptors (Lipinski definition) is 2. The van der Waals surface area contributed by atoms with Gasteiger partial charge in [0.05, 0.1) is 0 Å². The zero-order valence-corrected chi connectivity index (χ0v) is 8.84. The van der Waals surface area contributed by atoms with Crippen molar-refractivity contribution in [3.8, 4) is 0 Å². The first-order chi connectivity index (χ1) is 5.31. The molecule has 1 nitrogen and oxygen atoms in total. The smallest absolute Gasteiger partial charge is 0.123 e. The molecule has 0 aliphatic carbocycles. The molecule has 0 saturated carbocycles. The third-order valence-electron chi connectivity index (χ3n) is 1.19. The molecule has 0 bridgehead atoms. The van der Waals surface area contributed by atoms with Gasteiger partial charge in [-0.1, -0.05) is 24.2 Å². The molecule has 1 atom stereocenters. The molecule has 0 aromatic heterocycles. The predicted molar refractivity (Wildman–Crippen MR) is 55.7 cm³/mol. The number of thioether (sulfide) groups is 1. The van der Waals surface area contributed by atoms with Gasteiger partial charge in [-0.15, -0.1) is 0 Å². The van der Waals surface area contributed by atoms with E-state index in [4.69, 9.17) is 0 Å². The average Bonchev–Trinajstić information content (AvgIpc) is 2.04. The summed E-state index contributed by atoms with van der Waals surface area (Å²) < 4.78 is 10.9. The van der Waals surface area contributed by atoms with E-state index in [1.807, 2.05) is 24.8 Å². The van der Waals surface area contributed by atoms with Crippen molar-refractivity contribution < 1.29 is 4.55 Å². The largest absolute Gasteiger partial charge is 0.616 e. The zero-order valence-electron chi connectivity index (χ0n) is 7.21. The minimum absolute atomic E-state index is 0.628. The van der Waals surface area contributed by atoms with E-state index in [0.717, 1.165) is 23.0 Å². The minimum atomic E-state index is -0.628. The van der Waals surface area contributed by atoms with Gasteiger partial charge in [0.1, 0.15) is 11.5 Å². The van der Waals surface area contributed by atoms with Gasteiger partial charge in [-0.25, -0.2) is 0 Å². The third kappa shape index (κ3) is 8.30. The first kappa shape index (κ1) is 11.4. The van der Waals surface area contributed by atoms with Crippen molar-refractivity contribution in [2.45, 2.75) is 13.8 Å². The van der Waals surface area contributed by atoms with E-state index in [2.05, 4.69) is 13.0 Å². The topological polar surface area (TPSA) is 23.1 Å². The van der Waals surface area contributed by atoms with Crippen LogP contribution in [0, 0.1) is 0 Å². The summed E-state index contributed by atoms with van der Waals surface area (Å²) in [7, 11) is 0. The van der Waals surface area contributed by atoms with Crippen LogP contribution in [-0.4, -0.2) is 27.6 Å². The second-order valence-electron chi connectivity index (χ2n) is 2.03. The second-order valence-corrected chi connectivity index (χ2v) is 5.14. The van der Waals surface area contributed by atoms with Crippen LogP contribution in [0.5, 0.6) is 0 Å². The molecule has 3 heteroatoms. The summed E-state index contributed by atoms with van der Waals surface area (Å²) >= 11 is 1.25. The standard InChI is InChI=1S/C8H16OS2/c1-3-10-7-5-6-8-11(9)4-2/h5-6H,3-4,7-8H2,1-2H3/b6-5+. The Morgan fingerprint density at radius 3 is 2.64 bits per heavy atom. The van der Waals surface area contributed by atoms with Crippen molar-refractivity contribution in [2.24, 2.45) is 0 Å². The normalized spacial score (nSPS) is 14.1. The molecule has 0 rings (SSSR count). The summed E-state index contributed by atoms with van der Waals surface area (Å²) in [5.41, 5.74) is 0. The quantitative estimate of drug-likeness (QED) is 0.365. The maximum Gasteiger partial charge on any atom is 0.123 e. The minimum Gasteiger partial charge on any atom is -0.616 e. The second kappa shape index (κ2) is 8.50. The van der Waals surface area contributed by atoms with Crippen LogP contribution in [-0.2, 0) is 11.2 Å². The van der Waals surface area contributed by atoms with Gasteiger partial charge in [-0.05, 0) is 18.8 Å². The van der Waals surface area contributed by atoms with Gasteiger partial charge in [0.2, 0.25) is 0 Å². The lowest BCUT2D eigenvalue weighted by Crippen LogP contribution is -2.06. The molecule has 0 aliphatic heterocycles. The number of hydrogen-bond donors (Lipinski definition) is 0. The fraction of sp³-hybridized carbons (Fsp3) is 0.750. The number of rotatable bonds is 6. The average molecular weight is 192 g/mol. The van der Waals surface area contributed by atoms with Crippen LogP contribution < -0.4 is 0 Å². The van der Waals surface area contributed by atoms with Crippen molar-refractivity contribution in [3.63, 3.8) is 0 Å². The summed E-state index contributed by atoms with van der Waals surface area (Å²) in [4.78, 5) is 0. The van der Waals surface area contributed by atoms with Gasteiger partial charge in [0, 0.05) is 5.75 Å². The Bertz CT molecular complexity index is 104. The summed E-state index contributed by atoms with van der Waals surface area (Å²) in [6.45, 7) is 4.09. The Balaban J connectivity index is 3.15. The summed E-state index contributed by atoms with van der Waals surface area (Å²) in [5, 5.41) is 0. The SMILES string of the molecule is CCSC/C=C/C[S+]([O-])CC. The first-order valence-electron chi connectivity index (χ1n) is 3.89. The molecule has 0 radical (unpaired) electrons. The van der Waals surface area contributed by atoms with Gasteiger partial charge in [0.25, 0.3) is 0 Å². The highest BCUT2D eigenvalue weighted by Crippen LogP contribution is 1.98. The van der Waals surface area contributed by atoms with Crippen molar-refractivity contribution in [1.82, 2.24) is 0 Å². The van der Waals surface area contributed by atoms with Crippen LogP contribution in [0.25, 0.3) is 0 Å². The van der Waals surface area contributed by atoms with Crippen molar-refractivity contribution in [3.05, 3.63) is 12.2 Å². The molecular weight excluding hydrogens is 176 g/mol. The first-order valence-corrected chi connectivity index (χ1v) is 6.53. The van der Waals surface area contributed by atoms with Crippen molar-refractivity contribution in [1.29, 1.82) is 0 Å². The maximum absolute atomic E-state index is 10.9. The molecule has 0 N–H and O–H groups in total. The van der Waals surface area contributed by atoms with Gasteiger partial charge in [-0.2, -0.15) is 11.8 Å². The molecule has 11 heavy (non-hydrogen) atoms. The van der Waals surface area contributed by atoms with Crippen LogP contribution in [0.1, 0.15) is 13.8 Å². The highest BCUT2D eigenvalue weighted by molar-refractivity contribution is 7.99. The molecular formula is C8H16OS2. The maximum atomic E-state index is 10.9. The molecule has 0 saturated heterocycles. The molecule has 0 aromatic carbocycles. The summed E-state index contributed by atoms with van der Waals surface area (Å²) in [6, 6.07) is 0. The highest BCUT2D eigenvalue weighted by Gasteiger charge is 1.95. The molecule has 0 aliphatic rings. The molecule has 0 heterocycles. The predicted octanol–water partition coefficient (Wildman–Crippen LogP) is 2.06. The van der Waals surface area contributed by atoms with Gasteiger partial charge in [0.15, 0.2) is 0 Å². The van der Waals surface area contributed by atoms with Crippen LogP contribution in [0.4, 0.5) is 0 Å². The van der Waals surface area contributed by atoms with Crippen LogP contribution in [0.2, 0.25) is 0 Å². The van der Waals surface area contributed by atoms with Crippen LogP contribution in [0.15, 0.2) is 12.2 Å². The Kier molecular flexibility index (Phi) is 8.81. The van der Waals surface area contributed by atoms with E-state index >= 15 is 0 Å². The van der Waals surface area contributed by atoms with Gasteiger partial charge >= 0.3 is 0 Å². The Hall–Kier alpha value is 0.400. The third-order valence-corrected chi connectivity index (χ3v) is 3.23. The Morgan fingerprint density at radius 1 is 1.36 bits per heavy atom. The zero-order chi connectivity index (χ0) is 8.53. The van der Waals surface area contributed by atoms with Crippen LogP contribution >= 0.6 is 11.8 Å². The van der Waals surface area contributed by atoms with E-state index in [0.29, 0.717) is 0 Å². The van der Waals surface area contributed by atoms with Crippen molar-refractivity contribution >= 4 is 22.9 Å². The van der Waals surface area contributed by atoms with E-state index in [1.165, 1.54) is 0 Å². The molecule has 0 fully saturated rings. The molecule has 66 valence electrons. The Labute approximate surface area is 76.8 Å². The monoisotopic (exact) mass is 192 g/mol. The lowest BCUT2D eigenvalue weighted by Gasteiger charge is -2.03. The van der Waals surface area contributed by atoms with E-state index in [9.17, 15) is 4.55 Å². The lowest BCUT2D eigenvalue weighted by atomic mass is 10.6. The van der Waals surface area contributed by atoms with Gasteiger partial charge in [-0.3, -0.25) is 0 Å². The fourth-order valence-corrected chi connectivity index (χ4v) is 1.64. The summed E-state index contributed by atoms with van der Waals surface area (Å²) in [5.74, 6) is 3.70. The van der Waals surface area contributed by atoms with Crippen LogP contribution in [0.3, 0.4) is 0 Å². The van der Waals surface area contributed by atoms with E-state index in [-0.39, 0.29) is 0 Å². The Morgan fingerprint density at radius 2 is 2.09 bits per heavy atom. The van der Waals surface area contributed by atoms with E-state index < -0.39 is 11.2 Å². The van der Waals surface area contributed by atoms with Gasteiger partial charge < -0.3 is 4.55 Å².